The maximum atomic E-state index is 12.6. The first-order chi connectivity index (χ1) is 9.24. The second kappa shape index (κ2) is 6.43. The van der Waals surface area contributed by atoms with Gasteiger partial charge in [-0.2, -0.15) is 5.21 Å². The number of aromatic amines is 1. The predicted octanol–water partition coefficient (Wildman–Crippen LogP) is 0.424. The SMILES string of the molecule is O=C(CCOc1ccc(F)cc1)NCc1nn[nH]n1. The summed E-state index contributed by atoms with van der Waals surface area (Å²) in [4.78, 5) is 11.4. The van der Waals surface area contributed by atoms with Crippen molar-refractivity contribution in [3.63, 3.8) is 0 Å². The summed E-state index contributed by atoms with van der Waals surface area (Å²) in [5, 5.41) is 15.7. The van der Waals surface area contributed by atoms with Crippen molar-refractivity contribution in [2.24, 2.45) is 0 Å². The molecule has 19 heavy (non-hydrogen) atoms. The van der Waals surface area contributed by atoms with E-state index in [2.05, 4.69) is 25.9 Å². The zero-order valence-electron chi connectivity index (χ0n) is 9.97. The van der Waals surface area contributed by atoms with Gasteiger partial charge in [-0.25, -0.2) is 4.39 Å². The van der Waals surface area contributed by atoms with E-state index in [0.717, 1.165) is 0 Å². The van der Waals surface area contributed by atoms with Crippen LogP contribution in [0, 0.1) is 5.82 Å². The van der Waals surface area contributed by atoms with Crippen molar-refractivity contribution in [1.29, 1.82) is 0 Å². The van der Waals surface area contributed by atoms with Gasteiger partial charge >= 0.3 is 0 Å². The molecule has 0 saturated carbocycles. The molecule has 7 nitrogen and oxygen atoms in total. The summed E-state index contributed by atoms with van der Waals surface area (Å²) >= 11 is 0. The van der Waals surface area contributed by atoms with Crippen LogP contribution in [0.1, 0.15) is 12.2 Å². The van der Waals surface area contributed by atoms with Crippen LogP contribution in [0.5, 0.6) is 5.75 Å². The maximum absolute atomic E-state index is 12.6. The molecule has 8 heteroatoms. The van der Waals surface area contributed by atoms with Gasteiger partial charge in [-0.1, -0.05) is 5.21 Å². The average molecular weight is 265 g/mol. The highest BCUT2D eigenvalue weighted by Gasteiger charge is 2.04. The number of carbonyl (C=O) groups is 1. The zero-order valence-corrected chi connectivity index (χ0v) is 9.97. The van der Waals surface area contributed by atoms with Crippen LogP contribution in [0.3, 0.4) is 0 Å². The molecule has 0 aliphatic heterocycles. The van der Waals surface area contributed by atoms with Crippen LogP contribution in [0.2, 0.25) is 0 Å². The number of aromatic nitrogens is 4. The van der Waals surface area contributed by atoms with Crippen molar-refractivity contribution in [1.82, 2.24) is 25.9 Å². The Labute approximate surface area is 108 Å². The third kappa shape index (κ3) is 4.34. The molecule has 0 radical (unpaired) electrons. The number of H-pyrrole nitrogens is 1. The summed E-state index contributed by atoms with van der Waals surface area (Å²) < 4.78 is 17.9. The van der Waals surface area contributed by atoms with Crippen molar-refractivity contribution < 1.29 is 13.9 Å². The standard InChI is InChI=1S/C11H12FN5O2/c12-8-1-3-9(4-2-8)19-6-5-11(18)13-7-10-14-16-17-15-10/h1-4H,5-7H2,(H,13,18)(H,14,15,16,17). The topological polar surface area (TPSA) is 92.8 Å². The van der Waals surface area contributed by atoms with Gasteiger partial charge in [0.2, 0.25) is 5.91 Å². The van der Waals surface area contributed by atoms with E-state index in [4.69, 9.17) is 4.74 Å². The van der Waals surface area contributed by atoms with E-state index in [1.54, 1.807) is 0 Å². The van der Waals surface area contributed by atoms with Crippen LogP contribution in [0.15, 0.2) is 24.3 Å². The minimum Gasteiger partial charge on any atom is -0.493 e. The number of benzene rings is 1. The predicted molar refractivity (Wildman–Crippen MR) is 62.5 cm³/mol. The molecule has 1 aromatic heterocycles. The Hall–Kier alpha value is -2.51. The fraction of sp³-hybridized carbons (Fsp3) is 0.273. The molecule has 0 aliphatic carbocycles. The lowest BCUT2D eigenvalue weighted by molar-refractivity contribution is -0.121. The molecule has 0 aliphatic rings. The highest BCUT2D eigenvalue weighted by molar-refractivity contribution is 5.75. The van der Waals surface area contributed by atoms with Crippen molar-refractivity contribution in [3.8, 4) is 5.75 Å². The fourth-order valence-electron chi connectivity index (χ4n) is 1.32. The highest BCUT2D eigenvalue weighted by Crippen LogP contribution is 2.10. The largest absolute Gasteiger partial charge is 0.493 e. The summed E-state index contributed by atoms with van der Waals surface area (Å²) in [6.07, 6.45) is 0.190. The van der Waals surface area contributed by atoms with Crippen molar-refractivity contribution >= 4 is 5.91 Å². The average Bonchev–Trinajstić information content (AvgIpc) is 2.92. The van der Waals surface area contributed by atoms with Crippen LogP contribution >= 0.6 is 0 Å². The van der Waals surface area contributed by atoms with Gasteiger partial charge in [0, 0.05) is 0 Å². The number of hydrogen-bond acceptors (Lipinski definition) is 5. The number of rotatable bonds is 6. The van der Waals surface area contributed by atoms with Gasteiger partial charge in [-0.05, 0) is 24.3 Å². The second-order valence-electron chi connectivity index (χ2n) is 3.66. The molecular weight excluding hydrogens is 253 g/mol. The van der Waals surface area contributed by atoms with Crippen molar-refractivity contribution in [3.05, 3.63) is 35.9 Å². The Balaban J connectivity index is 1.65. The number of carbonyl (C=O) groups excluding carboxylic acids is 1. The van der Waals surface area contributed by atoms with Crippen LogP contribution in [0.25, 0.3) is 0 Å². The van der Waals surface area contributed by atoms with Gasteiger partial charge in [-0.15, -0.1) is 10.2 Å². The number of amides is 1. The monoisotopic (exact) mass is 265 g/mol. The van der Waals surface area contributed by atoms with E-state index in [-0.39, 0.29) is 31.3 Å². The normalized spacial score (nSPS) is 10.2. The summed E-state index contributed by atoms with van der Waals surface area (Å²) in [7, 11) is 0. The lowest BCUT2D eigenvalue weighted by Gasteiger charge is -2.06. The summed E-state index contributed by atoms with van der Waals surface area (Å²) in [6.45, 7) is 0.426. The lowest BCUT2D eigenvalue weighted by atomic mass is 10.3. The Morgan fingerprint density at radius 1 is 1.37 bits per heavy atom. The van der Waals surface area contributed by atoms with E-state index in [1.807, 2.05) is 0 Å². The number of nitrogens with one attached hydrogen (secondary N) is 2. The first kappa shape index (κ1) is 12.9. The van der Waals surface area contributed by atoms with E-state index in [9.17, 15) is 9.18 Å². The number of tetrazole rings is 1. The molecule has 2 rings (SSSR count). The minimum absolute atomic E-state index is 0.188. The van der Waals surface area contributed by atoms with Crippen molar-refractivity contribution in [2.45, 2.75) is 13.0 Å². The highest BCUT2D eigenvalue weighted by atomic mass is 19.1. The third-order valence-electron chi connectivity index (χ3n) is 2.24. The van der Waals surface area contributed by atoms with Gasteiger partial charge in [0.1, 0.15) is 11.6 Å². The molecule has 0 bridgehead atoms. The molecule has 1 heterocycles. The molecular formula is C11H12FN5O2. The molecule has 2 aromatic rings. The minimum atomic E-state index is -0.329. The van der Waals surface area contributed by atoms with Crippen LogP contribution < -0.4 is 10.1 Å². The molecule has 0 saturated heterocycles. The quantitative estimate of drug-likeness (QED) is 0.789. The van der Waals surface area contributed by atoms with E-state index in [0.29, 0.717) is 11.6 Å². The molecule has 1 amide bonds. The molecule has 0 unspecified atom stereocenters. The fourth-order valence-corrected chi connectivity index (χ4v) is 1.32. The van der Waals surface area contributed by atoms with Crippen LogP contribution in [-0.4, -0.2) is 33.1 Å². The van der Waals surface area contributed by atoms with Gasteiger partial charge < -0.3 is 10.1 Å². The van der Waals surface area contributed by atoms with Gasteiger partial charge in [-0.3, -0.25) is 4.79 Å². The van der Waals surface area contributed by atoms with E-state index >= 15 is 0 Å². The molecule has 0 fully saturated rings. The number of hydrogen-bond donors (Lipinski definition) is 2. The lowest BCUT2D eigenvalue weighted by Crippen LogP contribution is -2.25. The summed E-state index contributed by atoms with van der Waals surface area (Å²) in [5.41, 5.74) is 0. The Kier molecular flexibility index (Phi) is 4.38. The molecule has 100 valence electrons. The molecule has 0 atom stereocenters. The van der Waals surface area contributed by atoms with Crippen molar-refractivity contribution in [2.75, 3.05) is 6.61 Å². The number of halogens is 1. The van der Waals surface area contributed by atoms with E-state index in [1.165, 1.54) is 24.3 Å². The van der Waals surface area contributed by atoms with Crippen LogP contribution in [0.4, 0.5) is 4.39 Å². The number of nitrogens with zero attached hydrogens (tertiary/aromatic N) is 3. The Bertz CT molecular complexity index is 514. The summed E-state index contributed by atoms with van der Waals surface area (Å²) in [6, 6.07) is 5.61. The smallest absolute Gasteiger partial charge is 0.223 e. The Morgan fingerprint density at radius 3 is 2.84 bits per heavy atom. The number of ether oxygens (including phenoxy) is 1. The zero-order chi connectivity index (χ0) is 13.5. The molecule has 0 spiro atoms. The summed E-state index contributed by atoms with van der Waals surface area (Å²) in [5.74, 6) is 0.414. The Morgan fingerprint density at radius 2 is 2.16 bits per heavy atom. The molecule has 1 aromatic carbocycles. The maximum Gasteiger partial charge on any atom is 0.223 e. The first-order valence-corrected chi connectivity index (χ1v) is 5.61. The van der Waals surface area contributed by atoms with Crippen LogP contribution in [-0.2, 0) is 11.3 Å². The van der Waals surface area contributed by atoms with Gasteiger partial charge in [0.15, 0.2) is 5.82 Å². The second-order valence-corrected chi connectivity index (χ2v) is 3.66. The van der Waals surface area contributed by atoms with Gasteiger partial charge in [0.05, 0.1) is 19.6 Å². The van der Waals surface area contributed by atoms with E-state index < -0.39 is 0 Å². The molecule has 2 N–H and O–H groups in total. The third-order valence-corrected chi connectivity index (χ3v) is 2.24. The van der Waals surface area contributed by atoms with Gasteiger partial charge in [0.25, 0.3) is 0 Å². The first-order valence-electron chi connectivity index (χ1n) is 5.61.